The molecule has 1 fully saturated rings. The fourth-order valence-corrected chi connectivity index (χ4v) is 2.49. The fraction of sp³-hybridized carbons (Fsp3) is 0.429. The molecule has 0 amide bonds. The molecule has 0 spiro atoms. The monoisotopic (exact) mass is 232 g/mol. The predicted octanol–water partition coefficient (Wildman–Crippen LogP) is 2.76. The van der Waals surface area contributed by atoms with Crippen molar-refractivity contribution in [1.29, 1.82) is 0 Å². The summed E-state index contributed by atoms with van der Waals surface area (Å²) in [5, 5.41) is 8.90. The molecule has 2 rings (SSSR count). The summed E-state index contributed by atoms with van der Waals surface area (Å²) < 4.78 is 0. The Balaban J connectivity index is 1.91. The number of carboxylic acids is 1. The van der Waals surface area contributed by atoms with Gasteiger partial charge in [0.15, 0.2) is 5.78 Å². The average molecular weight is 232 g/mol. The quantitative estimate of drug-likeness (QED) is 0.812. The summed E-state index contributed by atoms with van der Waals surface area (Å²) in [4.78, 5) is 22.7. The van der Waals surface area contributed by atoms with Crippen LogP contribution >= 0.6 is 0 Å². The molecule has 0 unspecified atom stereocenters. The summed E-state index contributed by atoms with van der Waals surface area (Å²) in [5.74, 6) is -0.603. The minimum Gasteiger partial charge on any atom is -0.481 e. The van der Waals surface area contributed by atoms with E-state index in [0.29, 0.717) is 19.3 Å². The molecule has 1 aromatic rings. The molecule has 3 heteroatoms. The zero-order valence-electron chi connectivity index (χ0n) is 9.63. The van der Waals surface area contributed by atoms with Crippen LogP contribution in [0.5, 0.6) is 0 Å². The van der Waals surface area contributed by atoms with Gasteiger partial charge < -0.3 is 5.11 Å². The summed E-state index contributed by atoms with van der Waals surface area (Å²) in [6.45, 7) is 0. The lowest BCUT2D eigenvalue weighted by atomic mass is 9.96. The van der Waals surface area contributed by atoms with Crippen molar-refractivity contribution in [2.75, 3.05) is 0 Å². The molecular weight excluding hydrogens is 216 g/mol. The van der Waals surface area contributed by atoms with E-state index in [9.17, 15) is 9.59 Å². The lowest BCUT2D eigenvalue weighted by molar-refractivity contribution is -0.141. The first-order valence-electron chi connectivity index (χ1n) is 5.98. The summed E-state index contributed by atoms with van der Waals surface area (Å²) in [6.07, 6.45) is 2.69. The van der Waals surface area contributed by atoms with Gasteiger partial charge >= 0.3 is 5.97 Å². The average Bonchev–Trinajstić information content (AvgIpc) is 2.79. The molecule has 17 heavy (non-hydrogen) atoms. The van der Waals surface area contributed by atoms with Gasteiger partial charge in [0.25, 0.3) is 0 Å². The first-order chi connectivity index (χ1) is 8.16. The first kappa shape index (κ1) is 11.8. The minimum atomic E-state index is -0.723. The molecule has 0 heterocycles. The van der Waals surface area contributed by atoms with E-state index in [1.165, 1.54) is 0 Å². The van der Waals surface area contributed by atoms with E-state index in [4.69, 9.17) is 5.11 Å². The number of ketones is 1. The van der Waals surface area contributed by atoms with Gasteiger partial charge in [-0.15, -0.1) is 0 Å². The molecule has 90 valence electrons. The summed E-state index contributed by atoms with van der Waals surface area (Å²) >= 11 is 0. The maximum absolute atomic E-state index is 11.9. The van der Waals surface area contributed by atoms with Crippen molar-refractivity contribution in [3.8, 4) is 0 Å². The van der Waals surface area contributed by atoms with Crippen LogP contribution in [0.1, 0.15) is 36.0 Å². The number of carbonyl (C=O) groups is 2. The third kappa shape index (κ3) is 2.93. The summed E-state index contributed by atoms with van der Waals surface area (Å²) in [5.41, 5.74) is 0.728. The molecule has 1 aromatic carbocycles. The second kappa shape index (κ2) is 5.13. The largest absolute Gasteiger partial charge is 0.481 e. The van der Waals surface area contributed by atoms with Crippen LogP contribution in [-0.2, 0) is 4.79 Å². The van der Waals surface area contributed by atoms with Crippen LogP contribution in [0, 0.1) is 11.8 Å². The Bertz CT molecular complexity index is 411. The van der Waals surface area contributed by atoms with Crippen molar-refractivity contribution in [2.45, 2.75) is 25.7 Å². The molecule has 0 aliphatic heterocycles. The zero-order chi connectivity index (χ0) is 12.3. The number of aliphatic carboxylic acids is 1. The second-order valence-corrected chi connectivity index (χ2v) is 4.71. The van der Waals surface area contributed by atoms with Crippen LogP contribution in [0.4, 0.5) is 0 Å². The number of rotatable bonds is 4. The summed E-state index contributed by atoms with van der Waals surface area (Å²) in [7, 11) is 0. The van der Waals surface area contributed by atoms with E-state index >= 15 is 0 Å². The van der Waals surface area contributed by atoms with Gasteiger partial charge in [0.05, 0.1) is 5.92 Å². The van der Waals surface area contributed by atoms with Crippen molar-refractivity contribution < 1.29 is 14.7 Å². The van der Waals surface area contributed by atoms with Gasteiger partial charge in [-0.2, -0.15) is 0 Å². The van der Waals surface area contributed by atoms with Gasteiger partial charge in [0.2, 0.25) is 0 Å². The molecule has 2 atom stereocenters. The highest BCUT2D eigenvalue weighted by molar-refractivity contribution is 5.96. The molecule has 0 radical (unpaired) electrons. The summed E-state index contributed by atoms with van der Waals surface area (Å²) in [6, 6.07) is 9.20. The van der Waals surface area contributed by atoms with Crippen molar-refractivity contribution in [2.24, 2.45) is 11.8 Å². The lowest BCUT2D eigenvalue weighted by Gasteiger charge is -2.08. The minimum absolute atomic E-state index is 0.127. The molecule has 0 bridgehead atoms. The third-order valence-corrected chi connectivity index (χ3v) is 3.46. The van der Waals surface area contributed by atoms with E-state index in [2.05, 4.69) is 0 Å². The Morgan fingerprint density at radius 2 is 1.88 bits per heavy atom. The maximum atomic E-state index is 11.9. The van der Waals surface area contributed by atoms with Crippen molar-refractivity contribution in [1.82, 2.24) is 0 Å². The van der Waals surface area contributed by atoms with Crippen LogP contribution in [0.15, 0.2) is 30.3 Å². The first-order valence-corrected chi connectivity index (χ1v) is 5.98. The Kier molecular flexibility index (Phi) is 3.57. The van der Waals surface area contributed by atoms with Crippen molar-refractivity contribution in [3.05, 3.63) is 35.9 Å². The van der Waals surface area contributed by atoms with E-state index in [1.807, 2.05) is 30.3 Å². The molecule has 3 nitrogen and oxygen atoms in total. The van der Waals surface area contributed by atoms with Gasteiger partial charge in [0, 0.05) is 12.0 Å². The molecule has 0 aromatic heterocycles. The normalized spacial score (nSPS) is 23.5. The van der Waals surface area contributed by atoms with Crippen LogP contribution < -0.4 is 0 Å². The highest BCUT2D eigenvalue weighted by Gasteiger charge is 2.30. The molecule has 1 aliphatic carbocycles. The van der Waals surface area contributed by atoms with Crippen LogP contribution in [-0.4, -0.2) is 16.9 Å². The highest BCUT2D eigenvalue weighted by Crippen LogP contribution is 2.33. The predicted molar refractivity (Wildman–Crippen MR) is 63.9 cm³/mol. The van der Waals surface area contributed by atoms with Crippen LogP contribution in [0.3, 0.4) is 0 Å². The molecular formula is C14H16O3. The van der Waals surface area contributed by atoms with E-state index in [-0.39, 0.29) is 17.6 Å². The zero-order valence-corrected chi connectivity index (χ0v) is 9.63. The Labute approximate surface area is 100 Å². The van der Waals surface area contributed by atoms with E-state index in [1.54, 1.807) is 0 Å². The SMILES string of the molecule is O=C(C[C@H]1CC[C@@H](C(=O)O)C1)c1ccccc1. The number of Topliss-reactive ketones (excluding diaryl/α,β-unsaturated/α-hetero) is 1. The van der Waals surface area contributed by atoms with Gasteiger partial charge in [-0.1, -0.05) is 30.3 Å². The second-order valence-electron chi connectivity index (χ2n) is 4.71. The Morgan fingerprint density at radius 1 is 1.18 bits per heavy atom. The number of benzene rings is 1. The van der Waals surface area contributed by atoms with Crippen molar-refractivity contribution in [3.63, 3.8) is 0 Å². The third-order valence-electron chi connectivity index (χ3n) is 3.46. The highest BCUT2D eigenvalue weighted by atomic mass is 16.4. The number of carboxylic acid groups (broad SMARTS) is 1. The molecule has 0 saturated heterocycles. The Hall–Kier alpha value is -1.64. The van der Waals surface area contributed by atoms with Crippen molar-refractivity contribution >= 4 is 11.8 Å². The molecule has 1 saturated carbocycles. The van der Waals surface area contributed by atoms with E-state index < -0.39 is 5.97 Å². The number of carbonyl (C=O) groups excluding carboxylic acids is 1. The van der Waals surface area contributed by atoms with Gasteiger partial charge in [-0.3, -0.25) is 9.59 Å². The maximum Gasteiger partial charge on any atom is 0.306 e. The lowest BCUT2D eigenvalue weighted by Crippen LogP contribution is -2.11. The molecule has 1 aliphatic rings. The number of hydrogen-bond donors (Lipinski definition) is 1. The molecule has 1 N–H and O–H groups in total. The van der Waals surface area contributed by atoms with Crippen LogP contribution in [0.2, 0.25) is 0 Å². The smallest absolute Gasteiger partial charge is 0.306 e. The van der Waals surface area contributed by atoms with Gasteiger partial charge in [-0.25, -0.2) is 0 Å². The topological polar surface area (TPSA) is 54.4 Å². The van der Waals surface area contributed by atoms with Gasteiger partial charge in [-0.05, 0) is 25.2 Å². The van der Waals surface area contributed by atoms with Gasteiger partial charge in [0.1, 0.15) is 0 Å². The fourth-order valence-electron chi connectivity index (χ4n) is 2.49. The number of hydrogen-bond acceptors (Lipinski definition) is 2. The van der Waals surface area contributed by atoms with Crippen LogP contribution in [0.25, 0.3) is 0 Å². The van der Waals surface area contributed by atoms with E-state index in [0.717, 1.165) is 12.0 Å². The standard InChI is InChI=1S/C14H16O3/c15-13(11-4-2-1-3-5-11)9-10-6-7-12(8-10)14(16)17/h1-5,10,12H,6-9H2,(H,16,17)/t10-,12+/m0/s1. The Morgan fingerprint density at radius 3 is 2.47 bits per heavy atom.